The third-order valence-electron chi connectivity index (χ3n) is 2.28. The summed E-state index contributed by atoms with van der Waals surface area (Å²) in [6.45, 7) is 6.94. The van der Waals surface area contributed by atoms with Crippen molar-refractivity contribution in [3.8, 4) is 0 Å². The van der Waals surface area contributed by atoms with E-state index >= 15 is 0 Å². The van der Waals surface area contributed by atoms with Crippen molar-refractivity contribution >= 4 is 43.7 Å². The number of rotatable bonds is 3. The second-order valence-corrected chi connectivity index (χ2v) is 7.12. The van der Waals surface area contributed by atoms with Crippen LogP contribution in [0.2, 0.25) is 0 Å². The molecular weight excluding hydrogens is 390 g/mol. The van der Waals surface area contributed by atoms with Gasteiger partial charge in [0.05, 0.1) is 5.56 Å². The van der Waals surface area contributed by atoms with Gasteiger partial charge in [0.15, 0.2) is 0 Å². The number of amides is 1. The fourth-order valence-electron chi connectivity index (χ4n) is 1.40. The highest BCUT2D eigenvalue weighted by atomic mass is 79.9. The van der Waals surface area contributed by atoms with Crippen molar-refractivity contribution in [2.24, 2.45) is 0 Å². The van der Waals surface area contributed by atoms with Crippen LogP contribution in [0.5, 0.6) is 0 Å². The Hall–Kier alpha value is -0.880. The molecule has 0 radical (unpaired) electrons. The van der Waals surface area contributed by atoms with E-state index in [0.717, 1.165) is 4.47 Å². The van der Waals surface area contributed by atoms with Gasteiger partial charge in [0.2, 0.25) is 0 Å². The van der Waals surface area contributed by atoms with Gasteiger partial charge in [0.1, 0.15) is 11.6 Å². The maximum atomic E-state index is 12.1. The van der Waals surface area contributed by atoms with Gasteiger partial charge in [-0.25, -0.2) is 4.79 Å². The Kier molecular flexibility index (Phi) is 5.77. The molecule has 20 heavy (non-hydrogen) atoms. The molecule has 0 fully saturated rings. The molecule has 1 atom stereocenters. The summed E-state index contributed by atoms with van der Waals surface area (Å²) in [5.74, 6) is -0.790. The lowest BCUT2D eigenvalue weighted by molar-refractivity contribution is -0.156. The second-order valence-electron chi connectivity index (χ2n) is 5.35. The molecular formula is C14H17Br2NO3. The Morgan fingerprint density at radius 3 is 2.35 bits per heavy atom. The van der Waals surface area contributed by atoms with E-state index in [-0.39, 0.29) is 5.91 Å². The van der Waals surface area contributed by atoms with Crippen LogP contribution in [-0.4, -0.2) is 23.5 Å². The van der Waals surface area contributed by atoms with Gasteiger partial charge >= 0.3 is 5.97 Å². The highest BCUT2D eigenvalue weighted by molar-refractivity contribution is 9.11. The molecule has 0 aliphatic heterocycles. The fourth-order valence-corrected chi connectivity index (χ4v) is 2.62. The van der Waals surface area contributed by atoms with Gasteiger partial charge in [-0.1, -0.05) is 15.9 Å². The van der Waals surface area contributed by atoms with Crippen LogP contribution < -0.4 is 5.32 Å². The van der Waals surface area contributed by atoms with Crippen LogP contribution >= 0.6 is 31.9 Å². The maximum absolute atomic E-state index is 12.1. The SMILES string of the molecule is C[C@@H](NC(=O)c1ccc(Br)cc1Br)C(=O)OC(C)(C)C. The van der Waals surface area contributed by atoms with Gasteiger partial charge in [-0.15, -0.1) is 0 Å². The molecule has 4 nitrogen and oxygen atoms in total. The number of nitrogens with one attached hydrogen (secondary N) is 1. The molecule has 1 rings (SSSR count). The van der Waals surface area contributed by atoms with E-state index < -0.39 is 17.6 Å². The lowest BCUT2D eigenvalue weighted by atomic mass is 10.2. The van der Waals surface area contributed by atoms with Crippen LogP contribution in [0.15, 0.2) is 27.1 Å². The number of benzene rings is 1. The molecule has 1 aromatic rings. The van der Waals surface area contributed by atoms with Crippen molar-refractivity contribution in [2.75, 3.05) is 0 Å². The normalized spacial score (nSPS) is 12.7. The molecule has 0 saturated carbocycles. The number of ether oxygens (including phenoxy) is 1. The quantitative estimate of drug-likeness (QED) is 0.779. The highest BCUT2D eigenvalue weighted by Gasteiger charge is 2.23. The Morgan fingerprint density at radius 1 is 1.25 bits per heavy atom. The average molecular weight is 407 g/mol. The smallest absolute Gasteiger partial charge is 0.328 e. The summed E-state index contributed by atoms with van der Waals surface area (Å²) >= 11 is 6.63. The van der Waals surface area contributed by atoms with E-state index in [1.165, 1.54) is 0 Å². The first-order chi connectivity index (χ1) is 9.10. The van der Waals surface area contributed by atoms with Crippen molar-refractivity contribution in [2.45, 2.75) is 39.3 Å². The predicted molar refractivity (Wildman–Crippen MR) is 84.6 cm³/mol. The second kappa shape index (κ2) is 6.72. The van der Waals surface area contributed by atoms with Crippen LogP contribution in [0.1, 0.15) is 38.1 Å². The van der Waals surface area contributed by atoms with Crippen molar-refractivity contribution in [1.29, 1.82) is 0 Å². The zero-order valence-electron chi connectivity index (χ0n) is 11.8. The van der Waals surface area contributed by atoms with E-state index in [0.29, 0.717) is 10.0 Å². The summed E-state index contributed by atoms with van der Waals surface area (Å²) in [5.41, 5.74) is -0.113. The summed E-state index contributed by atoms with van der Waals surface area (Å²) < 4.78 is 6.73. The summed E-state index contributed by atoms with van der Waals surface area (Å²) in [7, 11) is 0. The first-order valence-electron chi connectivity index (χ1n) is 6.09. The molecule has 0 saturated heterocycles. The molecule has 0 unspecified atom stereocenters. The number of carbonyl (C=O) groups is 2. The van der Waals surface area contributed by atoms with Crippen molar-refractivity contribution in [3.63, 3.8) is 0 Å². The first kappa shape index (κ1) is 17.2. The topological polar surface area (TPSA) is 55.4 Å². The van der Waals surface area contributed by atoms with Crippen LogP contribution in [0, 0.1) is 0 Å². The van der Waals surface area contributed by atoms with Gasteiger partial charge in [0, 0.05) is 8.95 Å². The minimum atomic E-state index is -0.711. The van der Waals surface area contributed by atoms with E-state index in [2.05, 4.69) is 37.2 Å². The van der Waals surface area contributed by atoms with Crippen LogP contribution in [0.4, 0.5) is 0 Å². The lowest BCUT2D eigenvalue weighted by Gasteiger charge is -2.22. The molecule has 6 heteroatoms. The maximum Gasteiger partial charge on any atom is 0.328 e. The summed E-state index contributed by atoms with van der Waals surface area (Å²) in [5, 5.41) is 2.62. The molecule has 1 aromatic carbocycles. The third kappa shape index (κ3) is 5.25. The molecule has 0 aliphatic carbocycles. The highest BCUT2D eigenvalue weighted by Crippen LogP contribution is 2.22. The van der Waals surface area contributed by atoms with Crippen molar-refractivity contribution < 1.29 is 14.3 Å². The molecule has 0 heterocycles. The molecule has 0 aromatic heterocycles. The molecule has 1 N–H and O–H groups in total. The molecule has 1 amide bonds. The summed E-state index contributed by atoms with van der Waals surface area (Å²) in [6.07, 6.45) is 0. The average Bonchev–Trinajstić information content (AvgIpc) is 2.26. The fraction of sp³-hybridized carbons (Fsp3) is 0.429. The number of hydrogen-bond acceptors (Lipinski definition) is 3. The van der Waals surface area contributed by atoms with Crippen LogP contribution in [-0.2, 0) is 9.53 Å². The largest absolute Gasteiger partial charge is 0.458 e. The van der Waals surface area contributed by atoms with Crippen LogP contribution in [0.3, 0.4) is 0 Å². The zero-order chi connectivity index (χ0) is 15.5. The molecule has 0 bridgehead atoms. The third-order valence-corrected chi connectivity index (χ3v) is 3.43. The lowest BCUT2D eigenvalue weighted by Crippen LogP contribution is -2.42. The van der Waals surface area contributed by atoms with Crippen molar-refractivity contribution in [1.82, 2.24) is 5.32 Å². The van der Waals surface area contributed by atoms with Crippen molar-refractivity contribution in [3.05, 3.63) is 32.7 Å². The predicted octanol–water partition coefficient (Wildman–Crippen LogP) is 3.67. The summed E-state index contributed by atoms with van der Waals surface area (Å²) in [4.78, 5) is 23.9. The molecule has 0 aliphatic rings. The van der Waals surface area contributed by atoms with Gasteiger partial charge in [-0.05, 0) is 61.8 Å². The van der Waals surface area contributed by atoms with Gasteiger partial charge in [0.25, 0.3) is 5.91 Å². The Morgan fingerprint density at radius 2 is 1.85 bits per heavy atom. The Balaban J connectivity index is 2.73. The van der Waals surface area contributed by atoms with Gasteiger partial charge < -0.3 is 10.1 Å². The van der Waals surface area contributed by atoms with Crippen LogP contribution in [0.25, 0.3) is 0 Å². The number of hydrogen-bond donors (Lipinski definition) is 1. The van der Waals surface area contributed by atoms with E-state index in [1.54, 1.807) is 45.9 Å². The van der Waals surface area contributed by atoms with Gasteiger partial charge in [-0.2, -0.15) is 0 Å². The first-order valence-corrected chi connectivity index (χ1v) is 7.67. The Labute approximate surface area is 135 Å². The number of esters is 1. The zero-order valence-corrected chi connectivity index (χ0v) is 15.0. The van der Waals surface area contributed by atoms with E-state index in [4.69, 9.17) is 4.74 Å². The Bertz CT molecular complexity index is 524. The minimum absolute atomic E-state index is 0.331. The molecule has 110 valence electrons. The standard InChI is InChI=1S/C14H17Br2NO3/c1-8(13(19)20-14(2,3)4)17-12(18)10-6-5-9(15)7-11(10)16/h5-8H,1-4H3,(H,17,18)/t8-/m1/s1. The molecule has 0 spiro atoms. The summed E-state index contributed by atoms with van der Waals surface area (Å²) in [6, 6.07) is 4.49. The number of carbonyl (C=O) groups excluding carboxylic acids is 2. The minimum Gasteiger partial charge on any atom is -0.458 e. The van der Waals surface area contributed by atoms with E-state index in [9.17, 15) is 9.59 Å². The number of halogens is 2. The van der Waals surface area contributed by atoms with Gasteiger partial charge in [-0.3, -0.25) is 4.79 Å². The monoisotopic (exact) mass is 405 g/mol. The van der Waals surface area contributed by atoms with E-state index in [1.807, 2.05) is 0 Å².